The molecule has 0 aliphatic carbocycles. The number of Topliss-reactive ketones (excluding diaryl/α,β-unsaturated/α-hetero) is 2. The minimum Gasteiger partial charge on any atom is -0.505 e. The van der Waals surface area contributed by atoms with E-state index in [1.54, 1.807) is 54.6 Å². The van der Waals surface area contributed by atoms with Crippen molar-refractivity contribution in [1.82, 2.24) is 9.80 Å². The third-order valence-electron chi connectivity index (χ3n) is 13.3. The van der Waals surface area contributed by atoms with E-state index in [0.717, 1.165) is 44.7 Å². The number of anilines is 2. The third-order valence-corrected chi connectivity index (χ3v) is 13.3. The van der Waals surface area contributed by atoms with Gasteiger partial charge in [0.05, 0.1) is 44.9 Å². The van der Waals surface area contributed by atoms with Crippen LogP contribution < -0.4 is 24.8 Å². The summed E-state index contributed by atoms with van der Waals surface area (Å²) in [5.74, 6) is -5.42. The third kappa shape index (κ3) is 17.3. The maximum Gasteiger partial charge on any atom is 0.369 e. The molecule has 8 rings (SSSR count). The maximum absolute atomic E-state index is 13.4. The Bertz CT molecular complexity index is 3260. The molecule has 2 heterocycles. The van der Waals surface area contributed by atoms with Gasteiger partial charge in [0.15, 0.2) is 11.5 Å². The summed E-state index contributed by atoms with van der Waals surface area (Å²) in [6, 6.07) is 26.9. The monoisotopic (exact) mass is 1300 g/mol. The van der Waals surface area contributed by atoms with E-state index in [1.807, 2.05) is 65.8 Å². The summed E-state index contributed by atoms with van der Waals surface area (Å²) < 4.78 is 28.4. The number of carboxylic acids is 2. The number of phenols is 1. The number of hydrogen-bond donors (Lipinski definition) is 5. The normalized spacial score (nSPS) is 13.9. The van der Waals surface area contributed by atoms with Crippen molar-refractivity contribution in [2.75, 3.05) is 96.7 Å². The summed E-state index contributed by atoms with van der Waals surface area (Å²) in [5, 5.41) is 37.3. The number of amides is 2. The molecule has 0 aromatic heterocycles. The number of benzene rings is 6. The number of aromatic carboxylic acids is 2. The van der Waals surface area contributed by atoms with Gasteiger partial charge >= 0.3 is 15.1 Å². The molecule has 0 unspecified atom stereocenters. The van der Waals surface area contributed by atoms with Crippen LogP contribution in [-0.2, 0) is 29.9 Å². The predicted octanol–water partition coefficient (Wildman–Crippen LogP) is 10.6. The number of rotatable bonds is 17. The molecule has 430 valence electrons. The molecular formula is C59H66BBr3N4O14. The molecule has 0 atom stereocenters. The van der Waals surface area contributed by atoms with Gasteiger partial charge < -0.3 is 49.6 Å². The number of ether oxygens (including phenoxy) is 5. The van der Waals surface area contributed by atoms with Crippen molar-refractivity contribution in [3.63, 3.8) is 0 Å². The van der Waals surface area contributed by atoms with Gasteiger partial charge in [-0.25, -0.2) is 9.59 Å². The molecule has 6 aromatic carbocycles. The number of carbonyl (C=O) groups excluding carboxylic acids is 4. The molecule has 0 radical (unpaired) electrons. The van der Waals surface area contributed by atoms with Crippen LogP contribution in [0, 0.1) is 0 Å². The number of carboxylic acid groups (broad SMARTS) is 2. The number of aromatic hydroxyl groups is 1. The minimum atomic E-state index is -1.34. The van der Waals surface area contributed by atoms with Gasteiger partial charge in [0.1, 0.15) is 35.8 Å². The van der Waals surface area contributed by atoms with Gasteiger partial charge in [-0.1, -0.05) is 90.1 Å². The number of fused-ring (bicyclic) bond motifs is 2. The molecule has 2 amide bonds. The lowest BCUT2D eigenvalue weighted by Gasteiger charge is -2.26. The van der Waals surface area contributed by atoms with Crippen LogP contribution in [-0.4, -0.2) is 150 Å². The number of methoxy groups -OCH3 is 1. The Morgan fingerprint density at radius 2 is 0.926 bits per heavy atom. The zero-order valence-electron chi connectivity index (χ0n) is 46.2. The predicted molar refractivity (Wildman–Crippen MR) is 324 cm³/mol. The van der Waals surface area contributed by atoms with Gasteiger partial charge in [-0.15, -0.1) is 47.3 Å². The van der Waals surface area contributed by atoms with Crippen molar-refractivity contribution in [2.45, 2.75) is 52.4 Å². The van der Waals surface area contributed by atoms with E-state index >= 15 is 0 Å². The number of carbonyl (C=O) groups is 6. The first-order valence-corrected chi connectivity index (χ1v) is 28.7. The molecule has 2 aliphatic heterocycles. The highest BCUT2D eigenvalue weighted by Gasteiger charge is 2.29. The van der Waals surface area contributed by atoms with E-state index in [0.29, 0.717) is 78.4 Å². The van der Waals surface area contributed by atoms with Crippen LogP contribution in [0.2, 0.25) is 0 Å². The van der Waals surface area contributed by atoms with Crippen LogP contribution >= 0.6 is 47.3 Å². The van der Waals surface area contributed by atoms with Crippen LogP contribution in [0.3, 0.4) is 0 Å². The highest BCUT2D eigenvalue weighted by Crippen LogP contribution is 2.38. The molecule has 2 saturated heterocycles. The van der Waals surface area contributed by atoms with Crippen molar-refractivity contribution in [3.05, 3.63) is 130 Å². The molecule has 6 aromatic rings. The van der Waals surface area contributed by atoms with Gasteiger partial charge in [-0.05, 0) is 81.3 Å². The first kappa shape index (κ1) is 63.8. The zero-order valence-corrected chi connectivity index (χ0v) is 50.9. The molecule has 2 fully saturated rings. The Labute approximate surface area is 495 Å². The van der Waals surface area contributed by atoms with Gasteiger partial charge in [0, 0.05) is 61.2 Å². The molecule has 5 N–H and O–H groups in total. The summed E-state index contributed by atoms with van der Waals surface area (Å²) in [5.41, 5.74) is 0.293. The molecule has 81 heavy (non-hydrogen) atoms. The SMILES string of the molecule is BrB(Br)Br.CC(C)(C)c1cc(NC(=O)C(=O)c2ccc(OCCN3CCOCC3)c3ccccc23)c(O)c(C(=O)O)c1.COc1c(NC(=O)C(=O)c2ccc(OCCN3CCOCC3)c3ccccc23)cc(C(C)(C)C)cc1C(=O)O. The van der Waals surface area contributed by atoms with E-state index in [4.69, 9.17) is 23.7 Å². The maximum atomic E-state index is 13.4. The van der Waals surface area contributed by atoms with Crippen molar-refractivity contribution >= 4 is 119 Å². The minimum absolute atomic E-state index is 0.0227. The second-order valence-electron chi connectivity index (χ2n) is 20.9. The van der Waals surface area contributed by atoms with E-state index in [9.17, 15) is 44.1 Å². The van der Waals surface area contributed by atoms with Crippen molar-refractivity contribution < 1.29 is 67.8 Å². The molecule has 0 saturated carbocycles. The molecule has 2 aliphatic rings. The Kier molecular flexibility index (Phi) is 22.9. The smallest absolute Gasteiger partial charge is 0.369 e. The lowest BCUT2D eigenvalue weighted by molar-refractivity contribution is -0.113. The number of halogens is 3. The average molecular weight is 1310 g/mol. The van der Waals surface area contributed by atoms with Crippen LogP contribution in [0.15, 0.2) is 97.1 Å². The Hall–Kier alpha value is -6.40. The summed E-state index contributed by atoms with van der Waals surface area (Å²) >= 11 is 9.31. The first-order valence-electron chi connectivity index (χ1n) is 26.0. The topological polar surface area (TPSA) is 240 Å². The van der Waals surface area contributed by atoms with Crippen LogP contribution in [0.4, 0.5) is 11.4 Å². The highest BCUT2D eigenvalue weighted by molar-refractivity contribution is 9.69. The first-order chi connectivity index (χ1) is 38.4. The average Bonchev–Trinajstić information content (AvgIpc) is 3.63. The molecule has 0 spiro atoms. The van der Waals surface area contributed by atoms with Gasteiger partial charge in [0.2, 0.25) is 0 Å². The van der Waals surface area contributed by atoms with E-state index in [1.165, 1.54) is 25.3 Å². The number of nitrogens with one attached hydrogen (secondary N) is 2. The molecular weight excluding hydrogens is 1240 g/mol. The lowest BCUT2D eigenvalue weighted by atomic mass is 9.85. The fraction of sp³-hybridized carbons (Fsp3) is 0.356. The molecule has 18 nitrogen and oxygen atoms in total. The van der Waals surface area contributed by atoms with Crippen LogP contribution in [0.5, 0.6) is 23.0 Å². The largest absolute Gasteiger partial charge is 0.505 e. The summed E-state index contributed by atoms with van der Waals surface area (Å²) in [7, 11) is 1.32. The second kappa shape index (κ2) is 29.0. The standard InChI is InChI=1S/C30H34N2O7.C29H32N2O7.BBr3/c1-30(2,3)19-17-23(29(35)36)27(37-4)24(18-19)31-28(34)26(33)22-9-10-25(21-8-6-5-7-20(21)22)39-16-13-32-11-14-38-15-12-32;1-29(2,3)18-16-22(28(35)36)25(32)23(17-18)30-27(34)26(33)21-8-9-24(20-7-5-4-6-19(20)21)38-15-12-31-10-13-37-14-11-31;2-1(3)4/h5-10,17-18H,11-16H2,1-4H3,(H,31,34)(H,35,36);4-9,16-17,32H,10-15H2,1-3H3,(H,30,34)(H,35,36);. The summed E-state index contributed by atoms with van der Waals surface area (Å²) in [6.45, 7) is 20.1. The summed E-state index contributed by atoms with van der Waals surface area (Å²) in [6.07, 6.45) is 0. The Morgan fingerprint density at radius 3 is 1.31 bits per heavy atom. The summed E-state index contributed by atoms with van der Waals surface area (Å²) in [4.78, 5) is 80.9. The van der Waals surface area contributed by atoms with Gasteiger partial charge in [-0.2, -0.15) is 0 Å². The highest BCUT2D eigenvalue weighted by atomic mass is 79.9. The van der Waals surface area contributed by atoms with Crippen LogP contribution in [0.1, 0.15) is 94.1 Å². The van der Waals surface area contributed by atoms with Gasteiger partial charge in [-0.3, -0.25) is 29.0 Å². The quantitative estimate of drug-likeness (QED) is 0.0247. The number of ketones is 2. The van der Waals surface area contributed by atoms with Crippen LogP contribution in [0.25, 0.3) is 21.5 Å². The van der Waals surface area contributed by atoms with Crippen molar-refractivity contribution in [3.8, 4) is 23.0 Å². The van der Waals surface area contributed by atoms with E-state index in [-0.39, 0.29) is 42.6 Å². The zero-order chi connectivity index (χ0) is 59.2. The van der Waals surface area contributed by atoms with E-state index in [2.05, 4.69) is 67.7 Å². The number of nitrogens with zero attached hydrogens (tertiary/aromatic N) is 2. The van der Waals surface area contributed by atoms with Crippen molar-refractivity contribution in [2.24, 2.45) is 0 Å². The molecule has 22 heteroatoms. The number of morpholine rings is 2. The lowest BCUT2D eigenvalue weighted by Crippen LogP contribution is -2.38. The second-order valence-corrected chi connectivity index (χ2v) is 27.3. The Morgan fingerprint density at radius 1 is 0.556 bits per heavy atom. The van der Waals surface area contributed by atoms with E-state index < -0.39 is 51.9 Å². The van der Waals surface area contributed by atoms with Crippen molar-refractivity contribution in [1.29, 1.82) is 0 Å². The fourth-order valence-corrected chi connectivity index (χ4v) is 8.87. The van der Waals surface area contributed by atoms with Gasteiger partial charge in [0.25, 0.3) is 23.4 Å². The fourth-order valence-electron chi connectivity index (χ4n) is 8.87. The number of hydrogen-bond acceptors (Lipinski definition) is 14. The molecule has 0 bridgehead atoms. The Balaban J connectivity index is 0.000000245.